The summed E-state index contributed by atoms with van der Waals surface area (Å²) < 4.78 is 25.5. The molecule has 0 unspecified atom stereocenters. The Bertz CT molecular complexity index is 227. The zero-order valence-electron chi connectivity index (χ0n) is 6.51. The maximum Gasteiger partial charge on any atom is 0.113 e. The minimum atomic E-state index is -2.18. The van der Waals surface area contributed by atoms with E-state index in [1.807, 2.05) is 0 Å². The van der Waals surface area contributed by atoms with E-state index in [-0.39, 0.29) is 5.76 Å². The van der Waals surface area contributed by atoms with Gasteiger partial charge < -0.3 is 4.42 Å². The highest BCUT2D eigenvalue weighted by atomic mass is 32.1. The van der Waals surface area contributed by atoms with Gasteiger partial charge in [-0.25, -0.2) is 0 Å². The monoisotopic (exact) mass is 117 g/mol. The van der Waals surface area contributed by atoms with Crippen molar-refractivity contribution in [2.24, 2.45) is 0 Å². The molecule has 0 fully saturated rings. The molecule has 0 N–H and O–H groups in total. The SMILES string of the molecule is [2H]C([2H])([2H])c1occc1S. The Balaban J connectivity index is 3.05. The van der Waals surface area contributed by atoms with Gasteiger partial charge >= 0.3 is 0 Å². The Morgan fingerprint density at radius 2 is 2.86 bits per heavy atom. The van der Waals surface area contributed by atoms with E-state index in [0.717, 1.165) is 0 Å². The third kappa shape index (κ3) is 0.800. The first kappa shape index (κ1) is 2.27. The summed E-state index contributed by atoms with van der Waals surface area (Å²) in [6, 6.07) is 1.50. The second-order valence-electron chi connectivity index (χ2n) is 1.13. The average Bonchev–Trinajstić information content (AvgIpc) is 2.11. The normalized spacial score (nSPS) is 17.6. The minimum Gasteiger partial charge on any atom is -0.468 e. The second kappa shape index (κ2) is 1.62. The summed E-state index contributed by atoms with van der Waals surface area (Å²) in [5.41, 5.74) is 0. The van der Waals surface area contributed by atoms with E-state index in [0.29, 0.717) is 4.90 Å². The van der Waals surface area contributed by atoms with Crippen molar-refractivity contribution in [2.75, 3.05) is 0 Å². The minimum absolute atomic E-state index is 0.0455. The molecule has 0 amide bonds. The third-order valence-corrected chi connectivity index (χ3v) is 0.997. The molecule has 0 aliphatic rings. The van der Waals surface area contributed by atoms with Crippen molar-refractivity contribution in [1.82, 2.24) is 0 Å². The van der Waals surface area contributed by atoms with E-state index in [1.54, 1.807) is 0 Å². The Kier molecular flexibility index (Phi) is 0.525. The Labute approximate surface area is 52.0 Å². The molecule has 0 bridgehead atoms. The Morgan fingerprint density at radius 1 is 2.00 bits per heavy atom. The van der Waals surface area contributed by atoms with Crippen LogP contribution in [0.1, 0.15) is 9.87 Å². The highest BCUT2D eigenvalue weighted by Gasteiger charge is 1.90. The molecule has 0 aliphatic carbocycles. The van der Waals surface area contributed by atoms with Crippen molar-refractivity contribution in [3.8, 4) is 0 Å². The van der Waals surface area contributed by atoms with Gasteiger partial charge in [-0.2, -0.15) is 0 Å². The van der Waals surface area contributed by atoms with Crippen LogP contribution < -0.4 is 0 Å². The van der Waals surface area contributed by atoms with Gasteiger partial charge in [0.2, 0.25) is 0 Å². The van der Waals surface area contributed by atoms with Gasteiger partial charge in [0.05, 0.1) is 6.26 Å². The van der Waals surface area contributed by atoms with Gasteiger partial charge in [-0.15, -0.1) is 12.6 Å². The van der Waals surface area contributed by atoms with Crippen molar-refractivity contribution < 1.29 is 8.53 Å². The molecule has 1 heterocycles. The lowest BCUT2D eigenvalue weighted by atomic mass is 10.5. The maximum atomic E-state index is 6.92. The molecule has 1 aromatic heterocycles. The van der Waals surface area contributed by atoms with Gasteiger partial charge in [0.15, 0.2) is 0 Å². The molecule has 1 rings (SSSR count). The molecule has 0 aliphatic heterocycles. The van der Waals surface area contributed by atoms with E-state index in [4.69, 9.17) is 4.11 Å². The lowest BCUT2D eigenvalue weighted by Crippen LogP contribution is -1.57. The quantitative estimate of drug-likeness (QED) is 0.512. The number of rotatable bonds is 0. The highest BCUT2D eigenvalue weighted by molar-refractivity contribution is 7.80. The predicted octanol–water partition coefficient (Wildman–Crippen LogP) is 1.88. The van der Waals surface area contributed by atoms with E-state index in [2.05, 4.69) is 17.0 Å². The van der Waals surface area contributed by atoms with Crippen LogP contribution in [-0.4, -0.2) is 0 Å². The van der Waals surface area contributed by atoms with E-state index in [9.17, 15) is 0 Å². The van der Waals surface area contributed by atoms with Gasteiger partial charge in [-0.05, 0) is 12.9 Å². The summed E-state index contributed by atoms with van der Waals surface area (Å²) in [6.07, 6.45) is 1.31. The van der Waals surface area contributed by atoms with Crippen LogP contribution in [0.5, 0.6) is 0 Å². The van der Waals surface area contributed by atoms with E-state index < -0.39 is 6.85 Å². The summed E-state index contributed by atoms with van der Waals surface area (Å²) in [7, 11) is 0. The van der Waals surface area contributed by atoms with Crippen LogP contribution in [0, 0.1) is 6.85 Å². The molecule has 1 nitrogen and oxygen atoms in total. The van der Waals surface area contributed by atoms with Gasteiger partial charge in [-0.3, -0.25) is 0 Å². The van der Waals surface area contributed by atoms with Crippen molar-refractivity contribution in [3.63, 3.8) is 0 Å². The lowest BCUT2D eigenvalue weighted by Gasteiger charge is -1.78. The number of furan rings is 1. The van der Waals surface area contributed by atoms with Gasteiger partial charge in [0, 0.05) is 9.01 Å². The highest BCUT2D eigenvalue weighted by Crippen LogP contribution is 2.11. The molecule has 0 atom stereocenters. The second-order valence-corrected chi connectivity index (χ2v) is 1.62. The molecule has 0 saturated heterocycles. The van der Waals surface area contributed by atoms with Gasteiger partial charge in [0.25, 0.3) is 0 Å². The lowest BCUT2D eigenvalue weighted by molar-refractivity contribution is 0.527. The molecule has 0 spiro atoms. The standard InChI is InChI=1S/C5H6OS/c1-4-5(7)2-3-6-4/h2-3,7H,1H3/i1D3. The molecule has 0 radical (unpaired) electrons. The van der Waals surface area contributed by atoms with E-state index in [1.165, 1.54) is 12.3 Å². The molecule has 7 heavy (non-hydrogen) atoms. The maximum absolute atomic E-state index is 6.92. The summed E-state index contributed by atoms with van der Waals surface area (Å²) in [6.45, 7) is -2.18. The summed E-state index contributed by atoms with van der Waals surface area (Å²) >= 11 is 3.89. The number of hydrogen-bond donors (Lipinski definition) is 1. The van der Waals surface area contributed by atoms with E-state index >= 15 is 0 Å². The molecule has 0 saturated carbocycles. The van der Waals surface area contributed by atoms with Gasteiger partial charge in [-0.1, -0.05) is 0 Å². The zero-order chi connectivity index (χ0) is 7.78. The topological polar surface area (TPSA) is 13.1 Å². The van der Waals surface area contributed by atoms with Crippen LogP contribution in [0.25, 0.3) is 0 Å². The van der Waals surface area contributed by atoms with Gasteiger partial charge in [0.1, 0.15) is 5.76 Å². The smallest absolute Gasteiger partial charge is 0.113 e. The first-order valence-corrected chi connectivity index (χ1v) is 2.23. The van der Waals surface area contributed by atoms with Crippen molar-refractivity contribution >= 4 is 12.6 Å². The average molecular weight is 117 g/mol. The largest absolute Gasteiger partial charge is 0.468 e. The first-order chi connectivity index (χ1) is 4.52. The summed E-state index contributed by atoms with van der Waals surface area (Å²) in [5, 5.41) is 0. The first-order valence-electron chi connectivity index (χ1n) is 3.29. The molecule has 1 aromatic rings. The fraction of sp³-hybridized carbons (Fsp3) is 0.200. The Morgan fingerprint density at radius 3 is 3.14 bits per heavy atom. The van der Waals surface area contributed by atoms with Crippen LogP contribution >= 0.6 is 12.6 Å². The Hall–Kier alpha value is -0.370. The predicted molar refractivity (Wildman–Crippen MR) is 30.7 cm³/mol. The molecular formula is C5H6OS. The van der Waals surface area contributed by atoms with Crippen molar-refractivity contribution in [1.29, 1.82) is 0 Å². The number of hydrogen-bond acceptors (Lipinski definition) is 2. The molecule has 38 valence electrons. The molecule has 0 aromatic carbocycles. The van der Waals surface area contributed by atoms with Crippen molar-refractivity contribution in [2.45, 2.75) is 11.7 Å². The van der Waals surface area contributed by atoms with Crippen LogP contribution in [0.4, 0.5) is 0 Å². The summed E-state index contributed by atoms with van der Waals surface area (Å²) in [5.74, 6) is -0.0455. The van der Waals surface area contributed by atoms with Crippen LogP contribution in [0.2, 0.25) is 0 Å². The summed E-state index contributed by atoms with van der Waals surface area (Å²) in [4.78, 5) is 0.375. The number of aryl methyl sites for hydroxylation is 1. The fourth-order valence-electron chi connectivity index (χ4n) is 0.303. The van der Waals surface area contributed by atoms with Crippen molar-refractivity contribution in [3.05, 3.63) is 18.1 Å². The van der Waals surface area contributed by atoms with Crippen LogP contribution in [-0.2, 0) is 0 Å². The fourth-order valence-corrected chi connectivity index (χ4v) is 0.416. The van der Waals surface area contributed by atoms with Crippen LogP contribution in [0.3, 0.4) is 0 Å². The molecule has 2 heteroatoms. The van der Waals surface area contributed by atoms with Crippen LogP contribution in [0.15, 0.2) is 21.6 Å². The number of thiol groups is 1. The third-order valence-electron chi connectivity index (χ3n) is 0.644. The molecular weight excluding hydrogens is 108 g/mol. The zero-order valence-corrected chi connectivity index (χ0v) is 4.40.